The van der Waals surface area contributed by atoms with Gasteiger partial charge in [0.1, 0.15) is 11.5 Å². The molecule has 0 aliphatic carbocycles. The van der Waals surface area contributed by atoms with Crippen molar-refractivity contribution in [2.75, 3.05) is 11.9 Å². The van der Waals surface area contributed by atoms with Crippen LogP contribution in [0.25, 0.3) is 5.65 Å². The Morgan fingerprint density at radius 2 is 2.21 bits per heavy atom. The first kappa shape index (κ1) is 13.5. The highest BCUT2D eigenvalue weighted by Crippen LogP contribution is 2.07. The van der Waals surface area contributed by atoms with Gasteiger partial charge in [0.25, 0.3) is 5.56 Å². The summed E-state index contributed by atoms with van der Waals surface area (Å²) in [5, 5.41) is 12.8. The van der Waals surface area contributed by atoms with Crippen LogP contribution < -0.4 is 10.9 Å². The zero-order valence-corrected chi connectivity index (χ0v) is 11.2. The summed E-state index contributed by atoms with van der Waals surface area (Å²) in [6.07, 6.45) is 1.99. The van der Waals surface area contributed by atoms with Crippen LogP contribution in [0.15, 0.2) is 35.3 Å². The lowest BCUT2D eigenvalue weighted by molar-refractivity contribution is 0.120. The molecule has 5 heteroatoms. The Bertz CT molecular complexity index is 607. The predicted molar refractivity (Wildman–Crippen MR) is 75.4 cm³/mol. The van der Waals surface area contributed by atoms with E-state index in [-0.39, 0.29) is 17.6 Å². The van der Waals surface area contributed by atoms with Crippen molar-refractivity contribution in [3.8, 4) is 0 Å². The lowest BCUT2D eigenvalue weighted by Gasteiger charge is -2.14. The number of rotatable bonds is 5. The van der Waals surface area contributed by atoms with Gasteiger partial charge >= 0.3 is 0 Å². The van der Waals surface area contributed by atoms with E-state index < -0.39 is 0 Å². The predicted octanol–water partition coefficient (Wildman–Crippen LogP) is 1.51. The first-order valence-electron chi connectivity index (χ1n) is 6.48. The van der Waals surface area contributed by atoms with Gasteiger partial charge in [-0.1, -0.05) is 19.9 Å². The summed E-state index contributed by atoms with van der Waals surface area (Å²) in [5.41, 5.74) is 0.499. The monoisotopic (exact) mass is 261 g/mol. The Balaban J connectivity index is 2.08. The Morgan fingerprint density at radius 3 is 2.95 bits per heavy atom. The zero-order valence-electron chi connectivity index (χ0n) is 11.2. The van der Waals surface area contributed by atoms with E-state index in [1.807, 2.05) is 19.9 Å². The molecule has 1 atom stereocenters. The second-order valence-corrected chi connectivity index (χ2v) is 4.94. The zero-order chi connectivity index (χ0) is 13.8. The summed E-state index contributed by atoms with van der Waals surface area (Å²) < 4.78 is 1.49. The van der Waals surface area contributed by atoms with Crippen molar-refractivity contribution in [1.82, 2.24) is 9.38 Å². The van der Waals surface area contributed by atoms with Crippen molar-refractivity contribution in [2.24, 2.45) is 5.92 Å². The molecule has 1 unspecified atom stereocenters. The minimum Gasteiger partial charge on any atom is -0.393 e. The molecule has 0 radical (unpaired) electrons. The molecule has 0 spiro atoms. The number of aliphatic hydroxyl groups excluding tert-OH is 1. The smallest absolute Gasteiger partial charge is 0.259 e. The van der Waals surface area contributed by atoms with Gasteiger partial charge in [-0.05, 0) is 24.5 Å². The summed E-state index contributed by atoms with van der Waals surface area (Å²) in [7, 11) is 0. The molecule has 0 aliphatic heterocycles. The van der Waals surface area contributed by atoms with Crippen LogP contribution in [0.4, 0.5) is 5.82 Å². The molecule has 0 amide bonds. The number of hydrogen-bond donors (Lipinski definition) is 2. The van der Waals surface area contributed by atoms with E-state index in [2.05, 4.69) is 10.3 Å². The third-order valence-corrected chi connectivity index (χ3v) is 3.09. The van der Waals surface area contributed by atoms with Crippen LogP contribution in [0.5, 0.6) is 0 Å². The number of nitrogens with zero attached hydrogens (tertiary/aromatic N) is 2. The topological polar surface area (TPSA) is 66.6 Å². The normalized spacial score (nSPS) is 12.8. The van der Waals surface area contributed by atoms with E-state index in [1.54, 1.807) is 18.3 Å². The molecule has 2 aromatic heterocycles. The quantitative estimate of drug-likeness (QED) is 0.856. The van der Waals surface area contributed by atoms with Gasteiger partial charge in [0.2, 0.25) is 0 Å². The number of pyridine rings is 1. The van der Waals surface area contributed by atoms with Gasteiger partial charge in [0.05, 0.1) is 6.10 Å². The number of aliphatic hydroxyl groups is 1. The van der Waals surface area contributed by atoms with E-state index >= 15 is 0 Å². The minimum atomic E-state index is -0.339. The molecule has 2 aromatic rings. The van der Waals surface area contributed by atoms with Gasteiger partial charge in [0, 0.05) is 18.8 Å². The van der Waals surface area contributed by atoms with Gasteiger partial charge in [-0.25, -0.2) is 4.98 Å². The maximum absolute atomic E-state index is 11.8. The molecule has 0 fully saturated rings. The molecule has 2 N–H and O–H groups in total. The van der Waals surface area contributed by atoms with Crippen LogP contribution in [0, 0.1) is 5.92 Å². The van der Waals surface area contributed by atoms with Crippen LogP contribution in [0.3, 0.4) is 0 Å². The second-order valence-electron chi connectivity index (χ2n) is 4.94. The van der Waals surface area contributed by atoms with Crippen molar-refractivity contribution in [3.63, 3.8) is 0 Å². The fraction of sp³-hybridized carbons (Fsp3) is 0.429. The van der Waals surface area contributed by atoms with E-state index in [9.17, 15) is 9.90 Å². The molecule has 102 valence electrons. The van der Waals surface area contributed by atoms with Crippen molar-refractivity contribution in [1.29, 1.82) is 0 Å². The number of fused-ring (bicyclic) bond motifs is 1. The Labute approximate surface area is 111 Å². The van der Waals surface area contributed by atoms with Gasteiger partial charge in [-0.3, -0.25) is 9.20 Å². The lowest BCUT2D eigenvalue weighted by Crippen LogP contribution is -2.20. The van der Waals surface area contributed by atoms with E-state index in [4.69, 9.17) is 0 Å². The average Bonchev–Trinajstić information content (AvgIpc) is 2.38. The molecule has 2 rings (SSSR count). The highest BCUT2D eigenvalue weighted by Gasteiger charge is 2.08. The van der Waals surface area contributed by atoms with E-state index in [1.165, 1.54) is 10.5 Å². The van der Waals surface area contributed by atoms with Crippen LogP contribution in [-0.2, 0) is 0 Å². The summed E-state index contributed by atoms with van der Waals surface area (Å²) in [6.45, 7) is 4.55. The molecule has 0 bridgehead atoms. The summed E-state index contributed by atoms with van der Waals surface area (Å²) in [6, 6.07) is 6.89. The number of nitrogens with one attached hydrogen (secondary N) is 1. The third kappa shape index (κ3) is 3.32. The summed E-state index contributed by atoms with van der Waals surface area (Å²) in [5.74, 6) is 0.782. The number of hydrogen-bond acceptors (Lipinski definition) is 4. The third-order valence-electron chi connectivity index (χ3n) is 3.09. The number of anilines is 1. The van der Waals surface area contributed by atoms with E-state index in [0.717, 1.165) is 0 Å². The molecule has 5 nitrogen and oxygen atoms in total. The minimum absolute atomic E-state index is 0.113. The molecular formula is C14H19N3O2. The van der Waals surface area contributed by atoms with Crippen molar-refractivity contribution in [3.05, 3.63) is 40.8 Å². The van der Waals surface area contributed by atoms with Gasteiger partial charge in [0.15, 0.2) is 0 Å². The number of aromatic nitrogens is 2. The molecule has 0 saturated carbocycles. The van der Waals surface area contributed by atoms with Crippen molar-refractivity contribution < 1.29 is 5.11 Å². The molecule has 0 aromatic carbocycles. The highest BCUT2D eigenvalue weighted by molar-refractivity contribution is 5.46. The highest BCUT2D eigenvalue weighted by atomic mass is 16.3. The maximum atomic E-state index is 11.8. The summed E-state index contributed by atoms with van der Waals surface area (Å²) >= 11 is 0. The maximum Gasteiger partial charge on any atom is 0.259 e. The molecule has 2 heterocycles. The van der Waals surface area contributed by atoms with Crippen molar-refractivity contribution >= 4 is 11.5 Å². The molecular weight excluding hydrogens is 242 g/mol. The molecule has 19 heavy (non-hydrogen) atoms. The first-order chi connectivity index (χ1) is 9.08. The second kappa shape index (κ2) is 5.84. The lowest BCUT2D eigenvalue weighted by atomic mass is 10.0. The van der Waals surface area contributed by atoms with Crippen LogP contribution >= 0.6 is 0 Å². The fourth-order valence-corrected chi connectivity index (χ4v) is 1.83. The van der Waals surface area contributed by atoms with Gasteiger partial charge < -0.3 is 10.4 Å². The summed E-state index contributed by atoms with van der Waals surface area (Å²) in [4.78, 5) is 16.2. The van der Waals surface area contributed by atoms with Crippen LogP contribution in [0.2, 0.25) is 0 Å². The molecule has 0 saturated heterocycles. The van der Waals surface area contributed by atoms with Gasteiger partial charge in [-0.2, -0.15) is 0 Å². The van der Waals surface area contributed by atoms with Crippen LogP contribution in [-0.4, -0.2) is 27.1 Å². The van der Waals surface area contributed by atoms with Crippen molar-refractivity contribution in [2.45, 2.75) is 26.4 Å². The SMILES string of the molecule is CC(C)C(O)CCNc1cc(=O)n2ccccc2n1. The van der Waals surface area contributed by atoms with Gasteiger partial charge in [-0.15, -0.1) is 0 Å². The standard InChI is InChI=1S/C14H19N3O2/c1-10(2)11(18)6-7-15-12-9-14(19)17-8-4-3-5-13(17)16-12/h3-5,8-11,15,18H,6-7H2,1-2H3. The Hall–Kier alpha value is -1.88. The van der Waals surface area contributed by atoms with Crippen LogP contribution in [0.1, 0.15) is 20.3 Å². The first-order valence-corrected chi connectivity index (χ1v) is 6.48. The molecule has 0 aliphatic rings. The fourth-order valence-electron chi connectivity index (χ4n) is 1.83. The largest absolute Gasteiger partial charge is 0.393 e. The van der Waals surface area contributed by atoms with E-state index in [0.29, 0.717) is 24.4 Å². The Kier molecular flexibility index (Phi) is 4.16. The average molecular weight is 261 g/mol. The Morgan fingerprint density at radius 1 is 1.42 bits per heavy atom.